The second-order valence-corrected chi connectivity index (χ2v) is 4.85. The van der Waals surface area contributed by atoms with Gasteiger partial charge in [0.15, 0.2) is 5.78 Å². The highest BCUT2D eigenvalue weighted by Gasteiger charge is 2.23. The van der Waals surface area contributed by atoms with Gasteiger partial charge < -0.3 is 4.90 Å². The van der Waals surface area contributed by atoms with E-state index in [1.807, 2.05) is 0 Å². The Balaban J connectivity index is 2.37. The van der Waals surface area contributed by atoms with Crippen LogP contribution in [0.5, 0.6) is 0 Å². The zero-order chi connectivity index (χ0) is 13.3. The maximum absolute atomic E-state index is 11.5. The minimum Gasteiger partial charge on any atom is -0.371 e. The van der Waals surface area contributed by atoms with Gasteiger partial charge in [-0.3, -0.25) is 14.9 Å². The van der Waals surface area contributed by atoms with E-state index in [1.165, 1.54) is 13.0 Å². The fourth-order valence-corrected chi connectivity index (χ4v) is 2.33. The first-order valence-corrected chi connectivity index (χ1v) is 6.03. The van der Waals surface area contributed by atoms with Crippen LogP contribution in [0.4, 0.5) is 11.4 Å². The summed E-state index contributed by atoms with van der Waals surface area (Å²) in [6.07, 6.45) is 1.12. The Bertz CT molecular complexity index is 499. The molecular formula is C13H16N2O3. The number of rotatable bonds is 3. The number of hydrogen-bond acceptors (Lipinski definition) is 4. The van der Waals surface area contributed by atoms with E-state index in [4.69, 9.17) is 0 Å². The first kappa shape index (κ1) is 12.5. The van der Waals surface area contributed by atoms with Crippen molar-refractivity contribution in [3.63, 3.8) is 0 Å². The van der Waals surface area contributed by atoms with E-state index in [-0.39, 0.29) is 17.0 Å². The normalized spacial score (nSPS) is 19.0. The highest BCUT2D eigenvalue weighted by molar-refractivity contribution is 5.99. The maximum atomic E-state index is 11.5. The lowest BCUT2D eigenvalue weighted by molar-refractivity contribution is -0.385. The van der Waals surface area contributed by atoms with Crippen LogP contribution in [0.3, 0.4) is 0 Å². The number of Topliss-reactive ketones (excluding diaryl/α,β-unsaturated/α-hetero) is 1. The van der Waals surface area contributed by atoms with E-state index >= 15 is 0 Å². The molecule has 1 unspecified atom stereocenters. The number of anilines is 1. The third-order valence-electron chi connectivity index (χ3n) is 3.35. The summed E-state index contributed by atoms with van der Waals surface area (Å²) in [7, 11) is 0. The van der Waals surface area contributed by atoms with Crippen LogP contribution in [-0.4, -0.2) is 23.8 Å². The smallest absolute Gasteiger partial charge is 0.280 e. The van der Waals surface area contributed by atoms with Gasteiger partial charge in [0.2, 0.25) is 0 Å². The molecule has 1 aliphatic rings. The van der Waals surface area contributed by atoms with Gasteiger partial charge >= 0.3 is 0 Å². The number of nitrogens with zero attached hydrogens (tertiary/aromatic N) is 2. The number of hydrogen-bond donors (Lipinski definition) is 0. The molecule has 2 rings (SSSR count). The lowest BCUT2D eigenvalue weighted by atomic mass is 10.1. The van der Waals surface area contributed by atoms with Crippen molar-refractivity contribution in [2.75, 3.05) is 18.0 Å². The zero-order valence-electron chi connectivity index (χ0n) is 10.5. The molecule has 1 fully saturated rings. The Morgan fingerprint density at radius 2 is 2.22 bits per heavy atom. The molecule has 0 aromatic heterocycles. The summed E-state index contributed by atoms with van der Waals surface area (Å²) in [5, 5.41) is 10.9. The van der Waals surface area contributed by atoms with E-state index in [2.05, 4.69) is 11.8 Å². The fourth-order valence-electron chi connectivity index (χ4n) is 2.33. The SMILES string of the molecule is CC(=O)c1cc(N2CCC(C)C2)ccc1[N+](=O)[O-]. The summed E-state index contributed by atoms with van der Waals surface area (Å²) in [6, 6.07) is 4.79. The highest BCUT2D eigenvalue weighted by Crippen LogP contribution is 2.28. The van der Waals surface area contributed by atoms with Crippen LogP contribution in [0.1, 0.15) is 30.6 Å². The fraction of sp³-hybridized carbons (Fsp3) is 0.462. The van der Waals surface area contributed by atoms with Crippen molar-refractivity contribution in [1.29, 1.82) is 0 Å². The summed E-state index contributed by atoms with van der Waals surface area (Å²) in [5.74, 6) is 0.358. The average molecular weight is 248 g/mol. The van der Waals surface area contributed by atoms with Crippen molar-refractivity contribution >= 4 is 17.2 Å². The molecule has 1 heterocycles. The van der Waals surface area contributed by atoms with Gasteiger partial charge in [-0.05, 0) is 31.4 Å². The minimum atomic E-state index is -0.507. The summed E-state index contributed by atoms with van der Waals surface area (Å²) < 4.78 is 0. The third-order valence-corrected chi connectivity index (χ3v) is 3.35. The van der Waals surface area contributed by atoms with Crippen molar-refractivity contribution < 1.29 is 9.72 Å². The molecule has 96 valence electrons. The molecule has 0 bridgehead atoms. The molecule has 5 nitrogen and oxygen atoms in total. The summed E-state index contributed by atoms with van der Waals surface area (Å²) in [4.78, 5) is 24.0. The highest BCUT2D eigenvalue weighted by atomic mass is 16.6. The first-order chi connectivity index (χ1) is 8.49. The van der Waals surface area contributed by atoms with Crippen LogP contribution in [0.2, 0.25) is 0 Å². The molecule has 1 aromatic carbocycles. The number of nitro groups is 1. The predicted molar refractivity (Wildman–Crippen MR) is 69.1 cm³/mol. The van der Waals surface area contributed by atoms with Crippen LogP contribution in [-0.2, 0) is 0 Å². The maximum Gasteiger partial charge on any atom is 0.280 e. The van der Waals surface area contributed by atoms with Crippen LogP contribution < -0.4 is 4.90 Å². The molecule has 5 heteroatoms. The monoisotopic (exact) mass is 248 g/mol. The molecule has 1 aliphatic heterocycles. The van der Waals surface area contributed by atoms with Crippen molar-refractivity contribution in [1.82, 2.24) is 0 Å². The van der Waals surface area contributed by atoms with E-state index in [9.17, 15) is 14.9 Å². The third kappa shape index (κ3) is 2.34. The second-order valence-electron chi connectivity index (χ2n) is 4.85. The number of carbonyl (C=O) groups excluding carboxylic acids is 1. The van der Waals surface area contributed by atoms with Gasteiger partial charge in [-0.2, -0.15) is 0 Å². The predicted octanol–water partition coefficient (Wildman–Crippen LogP) is 2.64. The molecule has 1 saturated heterocycles. The molecule has 0 spiro atoms. The van der Waals surface area contributed by atoms with E-state index < -0.39 is 4.92 Å². The lowest BCUT2D eigenvalue weighted by Crippen LogP contribution is -2.19. The van der Waals surface area contributed by atoms with Crippen LogP contribution in [0.25, 0.3) is 0 Å². The zero-order valence-corrected chi connectivity index (χ0v) is 10.5. The Hall–Kier alpha value is -1.91. The van der Waals surface area contributed by atoms with Gasteiger partial charge in [0.1, 0.15) is 0 Å². The Kier molecular flexibility index (Phi) is 3.32. The van der Waals surface area contributed by atoms with Crippen LogP contribution in [0.15, 0.2) is 18.2 Å². The Morgan fingerprint density at radius 3 is 2.72 bits per heavy atom. The van der Waals surface area contributed by atoms with Crippen molar-refractivity contribution in [2.45, 2.75) is 20.3 Å². The number of carbonyl (C=O) groups is 1. The first-order valence-electron chi connectivity index (χ1n) is 6.03. The second kappa shape index (κ2) is 4.76. The van der Waals surface area contributed by atoms with Gasteiger partial charge in [0, 0.05) is 24.8 Å². The molecule has 0 aliphatic carbocycles. The van der Waals surface area contributed by atoms with E-state index in [1.54, 1.807) is 12.1 Å². The van der Waals surface area contributed by atoms with Crippen molar-refractivity contribution in [3.05, 3.63) is 33.9 Å². The van der Waals surface area contributed by atoms with E-state index in [0.717, 1.165) is 25.2 Å². The number of benzene rings is 1. The summed E-state index contributed by atoms with van der Waals surface area (Å²) in [6.45, 7) is 5.42. The standard InChI is InChI=1S/C13H16N2O3/c1-9-5-6-14(8-9)11-3-4-13(15(17)18)12(7-11)10(2)16/h3-4,7,9H,5-6,8H2,1-2H3. The van der Waals surface area contributed by atoms with Crippen LogP contribution >= 0.6 is 0 Å². The Labute approximate surface area is 106 Å². The molecule has 0 amide bonds. The van der Waals surface area contributed by atoms with E-state index in [0.29, 0.717) is 5.92 Å². The summed E-state index contributed by atoms with van der Waals surface area (Å²) in [5.41, 5.74) is 0.977. The molecular weight excluding hydrogens is 232 g/mol. The quantitative estimate of drug-likeness (QED) is 0.468. The molecule has 1 atom stereocenters. The molecule has 0 radical (unpaired) electrons. The Morgan fingerprint density at radius 1 is 1.50 bits per heavy atom. The van der Waals surface area contributed by atoms with Gasteiger partial charge in [-0.25, -0.2) is 0 Å². The molecule has 1 aromatic rings. The molecule has 18 heavy (non-hydrogen) atoms. The summed E-state index contributed by atoms with van der Waals surface area (Å²) >= 11 is 0. The van der Waals surface area contributed by atoms with Gasteiger partial charge in [-0.15, -0.1) is 0 Å². The number of ketones is 1. The average Bonchev–Trinajstić information content (AvgIpc) is 2.75. The lowest BCUT2D eigenvalue weighted by Gasteiger charge is -2.18. The van der Waals surface area contributed by atoms with Crippen molar-refractivity contribution in [3.8, 4) is 0 Å². The van der Waals surface area contributed by atoms with Gasteiger partial charge in [0.05, 0.1) is 10.5 Å². The minimum absolute atomic E-state index is 0.113. The van der Waals surface area contributed by atoms with Crippen molar-refractivity contribution in [2.24, 2.45) is 5.92 Å². The molecule has 0 N–H and O–H groups in total. The molecule has 0 saturated carbocycles. The largest absolute Gasteiger partial charge is 0.371 e. The van der Waals surface area contributed by atoms with Gasteiger partial charge in [0.25, 0.3) is 5.69 Å². The topological polar surface area (TPSA) is 63.5 Å². The van der Waals surface area contributed by atoms with Crippen LogP contribution in [0, 0.1) is 16.0 Å². The number of nitro benzene ring substituents is 1. The van der Waals surface area contributed by atoms with Gasteiger partial charge in [-0.1, -0.05) is 6.92 Å².